The van der Waals surface area contributed by atoms with Gasteiger partial charge in [0.2, 0.25) is 5.91 Å². The topological polar surface area (TPSA) is 64.7 Å². The molecule has 1 saturated carbocycles. The molecule has 0 aromatic carbocycles. The van der Waals surface area contributed by atoms with Gasteiger partial charge in [0.05, 0.1) is 0 Å². The predicted molar refractivity (Wildman–Crippen MR) is 106 cm³/mol. The smallest absolute Gasteiger partial charge is 0.317 e. The molecule has 26 heavy (non-hydrogen) atoms. The van der Waals surface area contributed by atoms with Gasteiger partial charge in [0.1, 0.15) is 0 Å². The first-order valence-electron chi connectivity index (χ1n) is 10.2. The number of likely N-dealkylation sites (N-methyl/N-ethyl adjacent to an activating group) is 1. The molecule has 150 valence electrons. The number of carbonyl (C=O) groups excluding carboxylic acids is 2. The third kappa shape index (κ3) is 5.26. The summed E-state index contributed by atoms with van der Waals surface area (Å²) in [6, 6.07) is 0.416. The van der Waals surface area contributed by atoms with E-state index >= 15 is 0 Å². The lowest BCUT2D eigenvalue weighted by Gasteiger charge is -2.47. The van der Waals surface area contributed by atoms with Gasteiger partial charge < -0.3 is 20.4 Å². The highest BCUT2D eigenvalue weighted by Gasteiger charge is 2.40. The molecule has 2 saturated heterocycles. The Morgan fingerprint density at radius 2 is 1.92 bits per heavy atom. The highest BCUT2D eigenvalue weighted by Crippen LogP contribution is 2.31. The lowest BCUT2D eigenvalue weighted by Crippen LogP contribution is -2.59. The minimum atomic E-state index is 0. The van der Waals surface area contributed by atoms with Gasteiger partial charge >= 0.3 is 6.03 Å². The highest BCUT2D eigenvalue weighted by atomic mass is 35.5. The van der Waals surface area contributed by atoms with Crippen LogP contribution in [-0.4, -0.2) is 67.6 Å². The van der Waals surface area contributed by atoms with E-state index in [-0.39, 0.29) is 24.3 Å². The Bertz CT molecular complexity index is 470. The summed E-state index contributed by atoms with van der Waals surface area (Å²) in [4.78, 5) is 28.9. The SMILES string of the molecule is CNCCN1C(=O)CC[C@H]2CN(C(=O)NCC3CCCCC3)CC[C@H]21.Cl. The van der Waals surface area contributed by atoms with E-state index < -0.39 is 0 Å². The van der Waals surface area contributed by atoms with Crippen molar-refractivity contribution in [3.63, 3.8) is 0 Å². The molecule has 2 aliphatic heterocycles. The summed E-state index contributed by atoms with van der Waals surface area (Å²) in [6.45, 7) is 4.01. The van der Waals surface area contributed by atoms with Gasteiger partial charge in [-0.25, -0.2) is 4.79 Å². The Morgan fingerprint density at radius 1 is 1.15 bits per heavy atom. The standard InChI is InChI=1S/C19H34N4O2.ClH/c1-20-10-12-23-17-9-11-22(14-16(17)7-8-18(23)24)19(25)21-13-15-5-3-2-4-6-15;/h15-17,20H,2-14H2,1H3,(H,21,25);1H/t16-,17+;/m0./s1. The summed E-state index contributed by atoms with van der Waals surface area (Å²) in [5, 5.41) is 6.31. The van der Waals surface area contributed by atoms with Crippen LogP contribution in [0.5, 0.6) is 0 Å². The molecule has 0 aromatic rings. The molecule has 0 unspecified atom stereocenters. The van der Waals surface area contributed by atoms with Crippen LogP contribution in [0.15, 0.2) is 0 Å². The van der Waals surface area contributed by atoms with E-state index in [9.17, 15) is 9.59 Å². The molecule has 0 radical (unpaired) electrons. The Balaban J connectivity index is 0.00000243. The van der Waals surface area contributed by atoms with Crippen LogP contribution in [0, 0.1) is 11.8 Å². The van der Waals surface area contributed by atoms with E-state index in [0.29, 0.717) is 24.3 Å². The van der Waals surface area contributed by atoms with Gasteiger partial charge in [-0.15, -0.1) is 12.4 Å². The average molecular weight is 387 g/mol. The normalized spacial score (nSPS) is 26.9. The Hall–Kier alpha value is -1.01. The summed E-state index contributed by atoms with van der Waals surface area (Å²) in [7, 11) is 1.92. The Morgan fingerprint density at radius 3 is 2.65 bits per heavy atom. The summed E-state index contributed by atoms with van der Waals surface area (Å²) in [5.74, 6) is 1.38. The van der Waals surface area contributed by atoms with Crippen molar-refractivity contribution in [3.05, 3.63) is 0 Å². The Kier molecular flexibility index (Phi) is 8.48. The quantitative estimate of drug-likeness (QED) is 0.761. The van der Waals surface area contributed by atoms with Crippen molar-refractivity contribution < 1.29 is 9.59 Å². The number of nitrogens with zero attached hydrogens (tertiary/aromatic N) is 2. The van der Waals surface area contributed by atoms with Crippen LogP contribution < -0.4 is 10.6 Å². The monoisotopic (exact) mass is 386 g/mol. The van der Waals surface area contributed by atoms with Crippen LogP contribution >= 0.6 is 12.4 Å². The van der Waals surface area contributed by atoms with E-state index in [1.807, 2.05) is 11.9 Å². The molecular weight excluding hydrogens is 352 g/mol. The van der Waals surface area contributed by atoms with Crippen LogP contribution in [0.25, 0.3) is 0 Å². The van der Waals surface area contributed by atoms with Crippen LogP contribution in [-0.2, 0) is 4.79 Å². The number of hydrogen-bond donors (Lipinski definition) is 2. The van der Waals surface area contributed by atoms with Gasteiger partial charge in [-0.2, -0.15) is 0 Å². The third-order valence-electron chi connectivity index (χ3n) is 6.30. The molecule has 2 atom stereocenters. The number of likely N-dealkylation sites (tertiary alicyclic amines) is 2. The molecule has 3 rings (SSSR count). The Labute approximate surface area is 163 Å². The maximum absolute atomic E-state index is 12.6. The highest BCUT2D eigenvalue weighted by molar-refractivity contribution is 5.85. The van der Waals surface area contributed by atoms with Gasteiger partial charge in [0.25, 0.3) is 0 Å². The molecule has 1 aliphatic carbocycles. The molecule has 0 spiro atoms. The van der Waals surface area contributed by atoms with Crippen molar-refractivity contribution in [2.45, 2.75) is 57.4 Å². The van der Waals surface area contributed by atoms with Crippen LogP contribution in [0.1, 0.15) is 51.4 Å². The van der Waals surface area contributed by atoms with Gasteiger partial charge in [0.15, 0.2) is 0 Å². The molecule has 3 amide bonds. The van der Waals surface area contributed by atoms with Gasteiger partial charge in [-0.05, 0) is 44.6 Å². The first-order valence-corrected chi connectivity index (χ1v) is 10.2. The summed E-state index contributed by atoms with van der Waals surface area (Å²) >= 11 is 0. The second-order valence-electron chi connectivity index (χ2n) is 7.98. The number of rotatable bonds is 5. The van der Waals surface area contributed by atoms with E-state index in [0.717, 1.165) is 45.6 Å². The zero-order chi connectivity index (χ0) is 17.6. The van der Waals surface area contributed by atoms with Crippen molar-refractivity contribution in [3.8, 4) is 0 Å². The lowest BCUT2D eigenvalue weighted by molar-refractivity contribution is -0.140. The van der Waals surface area contributed by atoms with Gasteiger partial charge in [-0.1, -0.05) is 19.3 Å². The number of amides is 3. The fourth-order valence-electron chi connectivity index (χ4n) is 4.79. The van der Waals surface area contributed by atoms with Crippen molar-refractivity contribution in [2.24, 2.45) is 11.8 Å². The first-order chi connectivity index (χ1) is 12.2. The van der Waals surface area contributed by atoms with Crippen LogP contribution in [0.3, 0.4) is 0 Å². The molecular formula is C19H35ClN4O2. The third-order valence-corrected chi connectivity index (χ3v) is 6.30. The van der Waals surface area contributed by atoms with Crippen LogP contribution in [0.2, 0.25) is 0 Å². The predicted octanol–water partition coefficient (Wildman–Crippen LogP) is 2.23. The van der Waals surface area contributed by atoms with E-state index in [1.54, 1.807) is 0 Å². The zero-order valence-corrected chi connectivity index (χ0v) is 16.9. The van der Waals surface area contributed by atoms with Crippen molar-refractivity contribution in [1.29, 1.82) is 0 Å². The maximum Gasteiger partial charge on any atom is 0.317 e. The van der Waals surface area contributed by atoms with E-state index in [1.165, 1.54) is 32.1 Å². The van der Waals surface area contributed by atoms with Crippen LogP contribution in [0.4, 0.5) is 4.79 Å². The maximum atomic E-state index is 12.6. The second kappa shape index (κ2) is 10.4. The minimum Gasteiger partial charge on any atom is -0.338 e. The zero-order valence-electron chi connectivity index (χ0n) is 16.0. The summed E-state index contributed by atoms with van der Waals surface area (Å²) in [5.41, 5.74) is 0. The average Bonchev–Trinajstić information content (AvgIpc) is 2.66. The first kappa shape index (κ1) is 21.3. The van der Waals surface area contributed by atoms with Crippen molar-refractivity contribution >= 4 is 24.3 Å². The van der Waals surface area contributed by atoms with Gasteiger partial charge in [0, 0.05) is 45.2 Å². The molecule has 0 bridgehead atoms. The molecule has 3 fully saturated rings. The number of urea groups is 1. The molecule has 0 aromatic heterocycles. The lowest BCUT2D eigenvalue weighted by atomic mass is 9.83. The fourth-order valence-corrected chi connectivity index (χ4v) is 4.79. The van der Waals surface area contributed by atoms with Crippen molar-refractivity contribution in [1.82, 2.24) is 20.4 Å². The van der Waals surface area contributed by atoms with Crippen molar-refractivity contribution in [2.75, 3.05) is 39.8 Å². The number of halogens is 1. The molecule has 7 heteroatoms. The minimum absolute atomic E-state index is 0. The molecule has 2 N–H and O–H groups in total. The summed E-state index contributed by atoms with van der Waals surface area (Å²) < 4.78 is 0. The number of hydrogen-bond acceptors (Lipinski definition) is 3. The largest absolute Gasteiger partial charge is 0.338 e. The second-order valence-corrected chi connectivity index (χ2v) is 7.98. The number of nitrogens with one attached hydrogen (secondary N) is 2. The van der Waals surface area contributed by atoms with Gasteiger partial charge in [-0.3, -0.25) is 4.79 Å². The molecule has 6 nitrogen and oxygen atoms in total. The molecule has 3 aliphatic rings. The molecule has 2 heterocycles. The number of fused-ring (bicyclic) bond motifs is 1. The summed E-state index contributed by atoms with van der Waals surface area (Å²) in [6.07, 6.45) is 8.95. The van der Waals surface area contributed by atoms with E-state index in [4.69, 9.17) is 0 Å². The number of carbonyl (C=O) groups is 2. The van der Waals surface area contributed by atoms with E-state index in [2.05, 4.69) is 15.5 Å². The number of piperidine rings is 2. The fraction of sp³-hybridized carbons (Fsp3) is 0.895.